The molecule has 0 fully saturated rings. The van der Waals surface area contributed by atoms with Crippen molar-refractivity contribution in [3.05, 3.63) is 23.5 Å². The van der Waals surface area contributed by atoms with Gasteiger partial charge in [0.15, 0.2) is 0 Å². The summed E-state index contributed by atoms with van der Waals surface area (Å²) in [5.41, 5.74) is 2.35. The molecule has 1 atom stereocenters. The van der Waals surface area contributed by atoms with Crippen LogP contribution in [0.2, 0.25) is 0 Å². The van der Waals surface area contributed by atoms with Gasteiger partial charge in [0.05, 0.1) is 11.3 Å². The van der Waals surface area contributed by atoms with Gasteiger partial charge in [0.25, 0.3) is 5.91 Å². The summed E-state index contributed by atoms with van der Waals surface area (Å²) in [5.74, 6) is 0.302. The topological polar surface area (TPSA) is 57.3 Å². The van der Waals surface area contributed by atoms with E-state index in [-0.39, 0.29) is 11.9 Å². The van der Waals surface area contributed by atoms with Crippen LogP contribution < -0.4 is 10.6 Å². The number of carbonyl (C=O) groups is 1. The lowest BCUT2D eigenvalue weighted by atomic mass is 10.0. The number of carbonyl (C=O) groups excluding carboxylic acids is 1. The minimum absolute atomic E-state index is 0.0704. The molecule has 0 saturated heterocycles. The second-order valence-electron chi connectivity index (χ2n) is 5.99. The molecule has 0 radical (unpaired) electrons. The van der Waals surface area contributed by atoms with Crippen molar-refractivity contribution in [1.82, 2.24) is 15.2 Å². The average Bonchev–Trinajstić information content (AvgIpc) is 2.37. The molecular weight excluding hydrogens is 264 g/mol. The van der Waals surface area contributed by atoms with Gasteiger partial charge in [0.1, 0.15) is 0 Å². The molecule has 1 rings (SSSR count). The number of likely N-dealkylation sites (N-methyl/N-ethyl adjacent to an activating group) is 1. The van der Waals surface area contributed by atoms with Gasteiger partial charge in [0.2, 0.25) is 0 Å². The van der Waals surface area contributed by atoms with E-state index in [9.17, 15) is 4.79 Å². The van der Waals surface area contributed by atoms with Crippen molar-refractivity contribution in [2.75, 3.05) is 32.5 Å². The third-order valence-electron chi connectivity index (χ3n) is 3.34. The van der Waals surface area contributed by atoms with Gasteiger partial charge < -0.3 is 15.5 Å². The van der Waals surface area contributed by atoms with Gasteiger partial charge in [-0.25, -0.2) is 0 Å². The van der Waals surface area contributed by atoms with Crippen molar-refractivity contribution >= 4 is 11.6 Å². The van der Waals surface area contributed by atoms with Crippen LogP contribution in [-0.4, -0.2) is 49.0 Å². The number of aryl methyl sites for hydroxylation is 1. The van der Waals surface area contributed by atoms with Gasteiger partial charge in [-0.1, -0.05) is 13.8 Å². The van der Waals surface area contributed by atoms with Crippen molar-refractivity contribution in [3.8, 4) is 0 Å². The Kier molecular flexibility index (Phi) is 6.62. The van der Waals surface area contributed by atoms with Gasteiger partial charge in [-0.15, -0.1) is 0 Å². The number of aromatic nitrogens is 1. The summed E-state index contributed by atoms with van der Waals surface area (Å²) in [6.45, 7) is 9.76. The Morgan fingerprint density at radius 2 is 2.05 bits per heavy atom. The molecule has 0 aromatic carbocycles. The highest BCUT2D eigenvalue weighted by Crippen LogP contribution is 2.16. The Morgan fingerprint density at radius 1 is 1.38 bits per heavy atom. The number of amides is 1. The first-order valence-corrected chi connectivity index (χ1v) is 7.51. The van der Waals surface area contributed by atoms with E-state index in [1.165, 1.54) is 0 Å². The summed E-state index contributed by atoms with van der Waals surface area (Å²) < 4.78 is 0. The van der Waals surface area contributed by atoms with E-state index < -0.39 is 0 Å². The normalized spacial score (nSPS) is 12.6. The van der Waals surface area contributed by atoms with E-state index in [0.717, 1.165) is 24.5 Å². The van der Waals surface area contributed by atoms with Crippen LogP contribution in [-0.2, 0) is 0 Å². The largest absolute Gasteiger partial charge is 0.385 e. The zero-order valence-electron chi connectivity index (χ0n) is 14.0. The monoisotopic (exact) mass is 292 g/mol. The van der Waals surface area contributed by atoms with Gasteiger partial charge in [-0.2, -0.15) is 0 Å². The number of hydrogen-bond acceptors (Lipinski definition) is 4. The molecule has 0 aliphatic rings. The van der Waals surface area contributed by atoms with Crippen LogP contribution in [0.4, 0.5) is 5.69 Å². The minimum atomic E-state index is -0.0704. The fraction of sp³-hybridized carbons (Fsp3) is 0.625. The van der Waals surface area contributed by atoms with Crippen molar-refractivity contribution in [2.24, 2.45) is 5.92 Å². The van der Waals surface area contributed by atoms with Crippen LogP contribution in [0.25, 0.3) is 0 Å². The molecule has 1 heterocycles. The Hall–Kier alpha value is -1.62. The Bertz CT molecular complexity index is 471. The molecule has 1 aromatic rings. The van der Waals surface area contributed by atoms with Crippen LogP contribution in [0.3, 0.4) is 0 Å². The first kappa shape index (κ1) is 17.4. The zero-order valence-corrected chi connectivity index (χ0v) is 14.0. The fourth-order valence-electron chi connectivity index (χ4n) is 2.14. The van der Waals surface area contributed by atoms with E-state index in [4.69, 9.17) is 0 Å². The highest BCUT2D eigenvalue weighted by atomic mass is 16.1. The summed E-state index contributed by atoms with van der Waals surface area (Å²) in [6.07, 6.45) is 1.65. The lowest BCUT2D eigenvalue weighted by Gasteiger charge is -2.26. The van der Waals surface area contributed by atoms with E-state index in [1.807, 2.05) is 34.0 Å². The highest BCUT2D eigenvalue weighted by Gasteiger charge is 2.20. The SMILES string of the molecule is CCNc1cc(C)ncc1C(=O)NC(CN(C)C)C(C)C. The van der Waals surface area contributed by atoms with Crippen LogP contribution in [0.15, 0.2) is 12.3 Å². The van der Waals surface area contributed by atoms with Gasteiger partial charge >= 0.3 is 0 Å². The molecule has 0 aliphatic heterocycles. The molecule has 5 nitrogen and oxygen atoms in total. The van der Waals surface area contributed by atoms with Gasteiger partial charge in [0, 0.05) is 31.0 Å². The first-order chi connectivity index (χ1) is 9.85. The van der Waals surface area contributed by atoms with Crippen LogP contribution >= 0.6 is 0 Å². The lowest BCUT2D eigenvalue weighted by molar-refractivity contribution is 0.0917. The predicted molar refractivity (Wildman–Crippen MR) is 87.8 cm³/mol. The number of nitrogens with zero attached hydrogens (tertiary/aromatic N) is 2. The summed E-state index contributed by atoms with van der Waals surface area (Å²) in [6, 6.07) is 2.03. The minimum Gasteiger partial charge on any atom is -0.385 e. The van der Waals surface area contributed by atoms with E-state index >= 15 is 0 Å². The molecule has 0 aliphatic carbocycles. The zero-order chi connectivity index (χ0) is 16.0. The molecule has 1 amide bonds. The summed E-state index contributed by atoms with van der Waals surface area (Å²) in [4.78, 5) is 18.9. The fourth-order valence-corrected chi connectivity index (χ4v) is 2.14. The molecule has 0 bridgehead atoms. The van der Waals surface area contributed by atoms with Crippen LogP contribution in [0.1, 0.15) is 36.8 Å². The molecule has 5 heteroatoms. The van der Waals surface area contributed by atoms with Crippen molar-refractivity contribution in [1.29, 1.82) is 0 Å². The van der Waals surface area contributed by atoms with Gasteiger partial charge in [-0.3, -0.25) is 9.78 Å². The Labute approximate surface area is 128 Å². The number of rotatable bonds is 7. The number of nitrogens with one attached hydrogen (secondary N) is 2. The second kappa shape index (κ2) is 7.98. The molecule has 2 N–H and O–H groups in total. The molecule has 1 aromatic heterocycles. The number of pyridine rings is 1. The molecule has 1 unspecified atom stereocenters. The number of anilines is 1. The van der Waals surface area contributed by atoms with Crippen LogP contribution in [0, 0.1) is 12.8 Å². The summed E-state index contributed by atoms with van der Waals surface area (Å²) in [5, 5.41) is 6.35. The molecular formula is C16H28N4O. The molecule has 0 saturated carbocycles. The first-order valence-electron chi connectivity index (χ1n) is 7.51. The summed E-state index contributed by atoms with van der Waals surface area (Å²) >= 11 is 0. The third kappa shape index (κ3) is 5.34. The maximum atomic E-state index is 12.5. The van der Waals surface area contributed by atoms with Crippen molar-refractivity contribution in [2.45, 2.75) is 33.7 Å². The van der Waals surface area contributed by atoms with Crippen molar-refractivity contribution < 1.29 is 4.79 Å². The Balaban J connectivity index is 2.91. The van der Waals surface area contributed by atoms with Crippen LogP contribution in [0.5, 0.6) is 0 Å². The predicted octanol–water partition coefficient (Wildman–Crippen LogP) is 2.14. The lowest BCUT2D eigenvalue weighted by Crippen LogP contribution is -2.45. The smallest absolute Gasteiger partial charge is 0.255 e. The van der Waals surface area contributed by atoms with E-state index in [0.29, 0.717) is 11.5 Å². The summed E-state index contributed by atoms with van der Waals surface area (Å²) in [7, 11) is 4.03. The Morgan fingerprint density at radius 3 is 2.57 bits per heavy atom. The third-order valence-corrected chi connectivity index (χ3v) is 3.34. The molecule has 0 spiro atoms. The number of hydrogen-bond donors (Lipinski definition) is 2. The second-order valence-corrected chi connectivity index (χ2v) is 5.99. The quantitative estimate of drug-likeness (QED) is 0.808. The van der Waals surface area contributed by atoms with Crippen molar-refractivity contribution in [3.63, 3.8) is 0 Å². The van der Waals surface area contributed by atoms with Gasteiger partial charge in [-0.05, 0) is 39.9 Å². The van der Waals surface area contributed by atoms with E-state index in [1.54, 1.807) is 6.20 Å². The van der Waals surface area contributed by atoms with E-state index in [2.05, 4.69) is 34.4 Å². The average molecular weight is 292 g/mol. The molecule has 118 valence electrons. The highest BCUT2D eigenvalue weighted by molar-refractivity contribution is 5.99. The standard InChI is InChI=1S/C16H28N4O/c1-7-17-14-8-12(4)18-9-13(14)16(21)19-15(11(2)3)10-20(5)6/h8-9,11,15H,7,10H2,1-6H3,(H,17,18)(H,19,21). The maximum absolute atomic E-state index is 12.5. The maximum Gasteiger partial charge on any atom is 0.255 e. The molecule has 21 heavy (non-hydrogen) atoms.